The molecule has 1 unspecified atom stereocenters. The fourth-order valence-electron chi connectivity index (χ4n) is 4.80. The molecule has 1 aromatic heterocycles. The average Bonchev–Trinajstić information content (AvgIpc) is 3.36. The molecule has 0 N–H and O–H groups in total. The van der Waals surface area contributed by atoms with Crippen molar-refractivity contribution in [2.24, 2.45) is 5.92 Å². The summed E-state index contributed by atoms with van der Waals surface area (Å²) in [5.41, 5.74) is 0. The van der Waals surface area contributed by atoms with Gasteiger partial charge in [0.25, 0.3) is 0 Å². The van der Waals surface area contributed by atoms with Gasteiger partial charge >= 0.3 is 0 Å². The van der Waals surface area contributed by atoms with Gasteiger partial charge in [-0.2, -0.15) is 0 Å². The molecule has 0 saturated carbocycles. The zero-order valence-corrected chi connectivity index (χ0v) is 16.1. The highest BCUT2D eigenvalue weighted by Crippen LogP contribution is 2.27. The van der Waals surface area contributed by atoms with Crippen LogP contribution >= 0.6 is 11.3 Å². The van der Waals surface area contributed by atoms with E-state index in [1.165, 1.54) is 56.6 Å². The Hall–Kier alpha value is -0.910. The number of nitrogens with zero attached hydrogens (tertiary/aromatic N) is 3. The first-order valence-electron chi connectivity index (χ1n) is 10.1. The van der Waals surface area contributed by atoms with Crippen LogP contribution in [0, 0.1) is 5.92 Å². The summed E-state index contributed by atoms with van der Waals surface area (Å²) in [5.74, 6) is 0.702. The van der Waals surface area contributed by atoms with Gasteiger partial charge in [-0.15, -0.1) is 11.3 Å². The zero-order valence-electron chi connectivity index (χ0n) is 15.2. The molecule has 1 atom stereocenters. The monoisotopic (exact) mass is 361 g/mol. The molecule has 0 bridgehead atoms. The van der Waals surface area contributed by atoms with Crippen LogP contribution in [0.2, 0.25) is 0 Å². The fourth-order valence-corrected chi connectivity index (χ4v) is 5.55. The van der Waals surface area contributed by atoms with Crippen LogP contribution in [0.3, 0.4) is 0 Å². The first-order chi connectivity index (χ1) is 12.3. The molecule has 1 amide bonds. The predicted octanol–water partition coefficient (Wildman–Crippen LogP) is 3.05. The number of thiophene rings is 1. The Balaban J connectivity index is 1.26. The predicted molar refractivity (Wildman–Crippen MR) is 103 cm³/mol. The molecule has 0 aromatic carbocycles. The van der Waals surface area contributed by atoms with E-state index in [1.807, 2.05) is 11.3 Å². The third-order valence-electron chi connectivity index (χ3n) is 6.25. The summed E-state index contributed by atoms with van der Waals surface area (Å²) in [4.78, 5) is 21.6. The van der Waals surface area contributed by atoms with Crippen molar-refractivity contribution in [2.45, 2.75) is 51.1 Å². The van der Waals surface area contributed by atoms with Gasteiger partial charge in [-0.1, -0.05) is 6.07 Å². The van der Waals surface area contributed by atoms with E-state index in [9.17, 15) is 4.79 Å². The number of carbonyl (C=O) groups excluding carboxylic acids is 1. The Morgan fingerprint density at radius 3 is 2.56 bits per heavy atom. The lowest BCUT2D eigenvalue weighted by Crippen LogP contribution is -2.50. The molecule has 3 saturated heterocycles. The first-order valence-corrected chi connectivity index (χ1v) is 10.9. The number of hydrogen-bond acceptors (Lipinski definition) is 4. The van der Waals surface area contributed by atoms with Gasteiger partial charge in [0, 0.05) is 50.2 Å². The molecule has 3 aliphatic rings. The van der Waals surface area contributed by atoms with E-state index in [0.717, 1.165) is 32.6 Å². The molecule has 4 nitrogen and oxygen atoms in total. The maximum atomic E-state index is 12.8. The summed E-state index contributed by atoms with van der Waals surface area (Å²) in [6.07, 6.45) is 7.21. The van der Waals surface area contributed by atoms with E-state index >= 15 is 0 Å². The van der Waals surface area contributed by atoms with Crippen LogP contribution in [0.4, 0.5) is 0 Å². The Morgan fingerprint density at radius 2 is 1.84 bits per heavy atom. The van der Waals surface area contributed by atoms with Crippen molar-refractivity contribution >= 4 is 17.2 Å². The van der Waals surface area contributed by atoms with Crippen molar-refractivity contribution in [3.63, 3.8) is 0 Å². The molecule has 4 heterocycles. The average molecular weight is 362 g/mol. The van der Waals surface area contributed by atoms with Crippen LogP contribution in [0.1, 0.15) is 43.4 Å². The molecule has 5 heteroatoms. The summed E-state index contributed by atoms with van der Waals surface area (Å²) in [6, 6.07) is 5.09. The fraction of sp³-hybridized carbons (Fsp3) is 0.750. The van der Waals surface area contributed by atoms with Crippen LogP contribution in [0.15, 0.2) is 17.5 Å². The van der Waals surface area contributed by atoms with Crippen LogP contribution in [-0.2, 0) is 11.3 Å². The minimum absolute atomic E-state index is 0.260. The first kappa shape index (κ1) is 17.5. The molecule has 4 rings (SSSR count). The maximum absolute atomic E-state index is 12.8. The molecular weight excluding hydrogens is 330 g/mol. The molecular formula is C20H31N3OS. The molecule has 3 aliphatic heterocycles. The van der Waals surface area contributed by atoms with Crippen LogP contribution in [0.25, 0.3) is 0 Å². The number of hydrogen-bond donors (Lipinski definition) is 0. The summed E-state index contributed by atoms with van der Waals surface area (Å²) < 4.78 is 0. The second-order valence-electron chi connectivity index (χ2n) is 7.95. The summed E-state index contributed by atoms with van der Waals surface area (Å²) in [6.45, 7) is 7.70. The van der Waals surface area contributed by atoms with Crippen LogP contribution < -0.4 is 0 Å². The Morgan fingerprint density at radius 1 is 1.04 bits per heavy atom. The van der Waals surface area contributed by atoms with E-state index in [1.54, 1.807) is 0 Å². The lowest BCUT2D eigenvalue weighted by molar-refractivity contribution is -0.136. The van der Waals surface area contributed by atoms with E-state index in [2.05, 4.69) is 32.2 Å². The number of amides is 1. The highest BCUT2D eigenvalue weighted by Gasteiger charge is 2.34. The van der Waals surface area contributed by atoms with Crippen molar-refractivity contribution in [3.8, 4) is 0 Å². The Kier molecular flexibility index (Phi) is 5.73. The maximum Gasteiger partial charge on any atom is 0.226 e. The molecule has 1 aromatic rings. The zero-order chi connectivity index (χ0) is 17.1. The van der Waals surface area contributed by atoms with Gasteiger partial charge in [0.2, 0.25) is 5.91 Å². The minimum atomic E-state index is 0.260. The third kappa shape index (κ3) is 4.26. The standard InChI is InChI=1S/C20H31N3OS/c24-20(22-9-1-2-10-22)17-5-3-11-23(15-17)18-7-12-21(13-8-18)16-19-6-4-14-25-19/h4,6,14,17-18H,1-3,5,7-13,15-16H2. The quantitative estimate of drug-likeness (QED) is 0.825. The normalized spacial score (nSPS) is 27.0. The van der Waals surface area contributed by atoms with E-state index < -0.39 is 0 Å². The van der Waals surface area contributed by atoms with Gasteiger partial charge in [-0.3, -0.25) is 14.6 Å². The van der Waals surface area contributed by atoms with Gasteiger partial charge in [0.05, 0.1) is 5.92 Å². The van der Waals surface area contributed by atoms with E-state index in [4.69, 9.17) is 0 Å². The summed E-state index contributed by atoms with van der Waals surface area (Å²) in [5, 5.41) is 2.17. The van der Waals surface area contributed by atoms with Crippen molar-refractivity contribution in [3.05, 3.63) is 22.4 Å². The summed E-state index contributed by atoms with van der Waals surface area (Å²) >= 11 is 1.87. The van der Waals surface area contributed by atoms with Gasteiger partial charge in [-0.25, -0.2) is 0 Å². The molecule has 0 spiro atoms. The lowest BCUT2D eigenvalue weighted by Gasteiger charge is -2.42. The van der Waals surface area contributed by atoms with Crippen LogP contribution in [-0.4, -0.2) is 65.9 Å². The Bertz CT molecular complexity index is 547. The Labute approximate surface area is 155 Å². The number of piperidine rings is 2. The minimum Gasteiger partial charge on any atom is -0.342 e. The molecule has 138 valence electrons. The smallest absolute Gasteiger partial charge is 0.226 e. The molecule has 25 heavy (non-hydrogen) atoms. The largest absolute Gasteiger partial charge is 0.342 e. The van der Waals surface area contributed by atoms with Crippen molar-refractivity contribution in [1.29, 1.82) is 0 Å². The number of likely N-dealkylation sites (tertiary alicyclic amines) is 3. The van der Waals surface area contributed by atoms with Crippen molar-refractivity contribution in [2.75, 3.05) is 39.3 Å². The highest BCUT2D eigenvalue weighted by atomic mass is 32.1. The van der Waals surface area contributed by atoms with E-state index in [-0.39, 0.29) is 5.92 Å². The van der Waals surface area contributed by atoms with Crippen molar-refractivity contribution < 1.29 is 4.79 Å². The molecule has 3 fully saturated rings. The highest BCUT2D eigenvalue weighted by molar-refractivity contribution is 7.09. The SMILES string of the molecule is O=C(C1CCCN(C2CCN(Cc3cccs3)CC2)C1)N1CCCC1. The summed E-state index contributed by atoms with van der Waals surface area (Å²) in [7, 11) is 0. The number of rotatable bonds is 4. The van der Waals surface area contributed by atoms with Crippen molar-refractivity contribution in [1.82, 2.24) is 14.7 Å². The van der Waals surface area contributed by atoms with Crippen LogP contribution in [0.5, 0.6) is 0 Å². The molecule has 0 aliphatic carbocycles. The van der Waals surface area contributed by atoms with E-state index in [0.29, 0.717) is 11.9 Å². The second kappa shape index (κ2) is 8.19. The third-order valence-corrected chi connectivity index (χ3v) is 7.11. The second-order valence-corrected chi connectivity index (χ2v) is 8.99. The molecule has 0 radical (unpaired) electrons. The lowest BCUT2D eigenvalue weighted by atomic mass is 9.93. The van der Waals surface area contributed by atoms with Gasteiger partial charge in [0.15, 0.2) is 0 Å². The van der Waals surface area contributed by atoms with Gasteiger partial charge < -0.3 is 4.90 Å². The van der Waals surface area contributed by atoms with Gasteiger partial charge in [0.1, 0.15) is 0 Å². The number of carbonyl (C=O) groups is 1. The van der Waals surface area contributed by atoms with Gasteiger partial charge in [-0.05, 0) is 56.5 Å². The topological polar surface area (TPSA) is 26.8 Å².